The van der Waals surface area contributed by atoms with Gasteiger partial charge in [0.2, 0.25) is 17.7 Å². The molecule has 3 heterocycles. The van der Waals surface area contributed by atoms with Gasteiger partial charge >= 0.3 is 17.9 Å². The first kappa shape index (κ1) is 55.5. The highest BCUT2D eigenvalue weighted by molar-refractivity contribution is 5.79. The van der Waals surface area contributed by atoms with Crippen molar-refractivity contribution in [2.75, 3.05) is 33.0 Å². The lowest BCUT2D eigenvalue weighted by molar-refractivity contribution is -0.356. The molecule has 3 aliphatic heterocycles. The van der Waals surface area contributed by atoms with Crippen LogP contribution in [0.3, 0.4) is 0 Å². The number of nitrogens with two attached hydrogens (primary N) is 1. The van der Waals surface area contributed by atoms with Crippen LogP contribution in [0, 0.1) is 0 Å². The van der Waals surface area contributed by atoms with E-state index in [1.54, 1.807) is 0 Å². The second kappa shape index (κ2) is 23.2. The van der Waals surface area contributed by atoms with Gasteiger partial charge in [0.25, 0.3) is 17.4 Å². The highest BCUT2D eigenvalue weighted by Crippen LogP contribution is 2.40. The molecule has 0 bridgehead atoms. The van der Waals surface area contributed by atoms with E-state index < -0.39 is 183 Å². The van der Waals surface area contributed by atoms with Gasteiger partial charge in [0.15, 0.2) is 0 Å². The van der Waals surface area contributed by atoms with Gasteiger partial charge in [-0.2, -0.15) is 0 Å². The highest BCUT2D eigenvalue weighted by Gasteiger charge is 2.62. The predicted molar refractivity (Wildman–Crippen MR) is 205 cm³/mol. The smallest absolute Gasteiger partial charge is 0.366 e. The summed E-state index contributed by atoms with van der Waals surface area (Å²) in [5.41, 5.74) is 5.40. The minimum absolute atomic E-state index is 0.0579. The van der Waals surface area contributed by atoms with Crippen molar-refractivity contribution in [2.24, 2.45) is 5.73 Å². The molecule has 0 saturated carbocycles. The largest absolute Gasteiger partial charge is 0.477 e. The lowest BCUT2D eigenvalue weighted by Gasteiger charge is -2.50. The summed E-state index contributed by atoms with van der Waals surface area (Å²) in [4.78, 5) is 75.3. The number of aliphatic carboxylic acids is 2. The zero-order valence-electron chi connectivity index (χ0n) is 35.3. The SMILES string of the molecule is CC(=O)N[C@H]1[C@H]([C@H](O)[C@H](O)CO)O[C@@](O[C@H](CO)[C@@H](O)[C@@H]2O[C@@](O[C@H](CO)[C@@H](O)[C@@H]3O[C@@](O)(C(=O)OCCCN)C[C@H](O)[C@H]3NC(C)=O)(C(=O)O)C[C@H](O)[C@H]2NC(C)=O)(C(=O)O)C[C@@H]1O. The summed E-state index contributed by atoms with van der Waals surface area (Å²) in [5.74, 6) is -18.0. The van der Waals surface area contributed by atoms with E-state index in [0.29, 0.717) is 0 Å². The number of aliphatic hydroxyl groups is 11. The van der Waals surface area contributed by atoms with Crippen molar-refractivity contribution in [3.8, 4) is 0 Å². The molecule has 374 valence electrons. The van der Waals surface area contributed by atoms with Crippen LogP contribution in [0.1, 0.15) is 46.5 Å². The zero-order valence-corrected chi connectivity index (χ0v) is 35.3. The van der Waals surface area contributed by atoms with Gasteiger partial charge in [-0.15, -0.1) is 0 Å². The lowest BCUT2D eigenvalue weighted by Crippen LogP contribution is -2.71. The van der Waals surface area contributed by atoms with Gasteiger partial charge in [0.1, 0.15) is 54.9 Å². The first-order chi connectivity index (χ1) is 30.3. The third-order valence-corrected chi connectivity index (χ3v) is 10.8. The lowest BCUT2D eigenvalue weighted by atomic mass is 9.86. The number of nitrogens with one attached hydrogen (secondary N) is 3. The van der Waals surface area contributed by atoms with Crippen molar-refractivity contribution in [1.82, 2.24) is 16.0 Å². The summed E-state index contributed by atoms with van der Waals surface area (Å²) >= 11 is 0. The molecule has 3 amide bonds. The molecule has 0 aromatic rings. The summed E-state index contributed by atoms with van der Waals surface area (Å²) in [5, 5.41) is 147. The molecule has 65 heavy (non-hydrogen) atoms. The van der Waals surface area contributed by atoms with Gasteiger partial charge < -0.3 is 116 Å². The van der Waals surface area contributed by atoms with E-state index in [2.05, 4.69) is 16.0 Å². The van der Waals surface area contributed by atoms with Crippen LogP contribution in [0.25, 0.3) is 0 Å². The van der Waals surface area contributed by atoms with Crippen molar-refractivity contribution in [1.29, 1.82) is 0 Å². The van der Waals surface area contributed by atoms with Crippen LogP contribution < -0.4 is 21.7 Å². The van der Waals surface area contributed by atoms with Crippen LogP contribution in [0.15, 0.2) is 0 Å². The second-order valence-corrected chi connectivity index (χ2v) is 15.8. The van der Waals surface area contributed by atoms with Gasteiger partial charge in [-0.3, -0.25) is 14.4 Å². The molecule has 0 spiro atoms. The fourth-order valence-electron chi connectivity index (χ4n) is 7.68. The van der Waals surface area contributed by atoms with E-state index in [9.17, 15) is 95.2 Å². The minimum atomic E-state index is -3.34. The van der Waals surface area contributed by atoms with Crippen LogP contribution in [0.4, 0.5) is 0 Å². The van der Waals surface area contributed by atoms with Crippen molar-refractivity contribution >= 4 is 35.6 Å². The van der Waals surface area contributed by atoms with Gasteiger partial charge in [-0.05, 0) is 13.0 Å². The van der Waals surface area contributed by atoms with Crippen LogP contribution in [-0.2, 0) is 57.2 Å². The number of aliphatic hydroxyl groups excluding tert-OH is 10. The second-order valence-electron chi connectivity index (χ2n) is 15.8. The number of ether oxygens (including phenoxy) is 6. The van der Waals surface area contributed by atoms with Gasteiger partial charge in [-0.25, -0.2) is 14.4 Å². The first-order valence-corrected chi connectivity index (χ1v) is 20.1. The van der Waals surface area contributed by atoms with E-state index in [4.69, 9.17) is 34.2 Å². The molecule has 18 N–H and O–H groups in total. The van der Waals surface area contributed by atoms with Crippen molar-refractivity contribution in [3.63, 3.8) is 0 Å². The van der Waals surface area contributed by atoms with Crippen LogP contribution in [0.2, 0.25) is 0 Å². The molecule has 3 aliphatic rings. The Morgan fingerprint density at radius 2 is 1.00 bits per heavy atom. The Morgan fingerprint density at radius 3 is 1.34 bits per heavy atom. The fraction of sp³-hybridized carbons (Fsp3) is 0.833. The molecule has 3 fully saturated rings. The molecule has 0 aliphatic carbocycles. The van der Waals surface area contributed by atoms with E-state index in [1.807, 2.05) is 0 Å². The van der Waals surface area contributed by atoms with E-state index in [0.717, 1.165) is 20.8 Å². The number of hydrogen-bond donors (Lipinski definition) is 17. The Kier molecular flexibility index (Phi) is 19.8. The maximum atomic E-state index is 13.1. The van der Waals surface area contributed by atoms with E-state index >= 15 is 0 Å². The van der Waals surface area contributed by atoms with Gasteiger partial charge in [0.05, 0.1) is 62.9 Å². The first-order valence-electron chi connectivity index (χ1n) is 20.1. The number of carboxylic acid groups (broad SMARTS) is 2. The molecular formula is C36H60N4O25. The molecular weight excluding hydrogens is 888 g/mol. The molecule has 29 nitrogen and oxygen atoms in total. The molecule has 29 heteroatoms. The van der Waals surface area contributed by atoms with Crippen LogP contribution in [-0.4, -0.2) is 244 Å². The summed E-state index contributed by atoms with van der Waals surface area (Å²) < 4.78 is 32.8. The van der Waals surface area contributed by atoms with Crippen molar-refractivity contribution in [2.45, 2.75) is 155 Å². The number of amides is 3. The van der Waals surface area contributed by atoms with E-state index in [-0.39, 0.29) is 19.6 Å². The third kappa shape index (κ3) is 13.0. The maximum absolute atomic E-state index is 13.1. The number of carbonyl (C=O) groups excluding carboxylic acids is 4. The fourth-order valence-corrected chi connectivity index (χ4v) is 7.68. The van der Waals surface area contributed by atoms with Gasteiger partial charge in [0, 0.05) is 40.0 Å². The predicted octanol–water partition coefficient (Wildman–Crippen LogP) is -9.72. The summed E-state index contributed by atoms with van der Waals surface area (Å²) in [7, 11) is 0. The summed E-state index contributed by atoms with van der Waals surface area (Å²) in [6.45, 7) is -1.40. The number of rotatable bonds is 22. The van der Waals surface area contributed by atoms with Crippen molar-refractivity contribution < 1.29 is 124 Å². The highest BCUT2D eigenvalue weighted by atomic mass is 16.8. The Hall–Kier alpha value is -3.86. The number of esters is 1. The van der Waals surface area contributed by atoms with E-state index in [1.165, 1.54) is 0 Å². The topological polar surface area (TPSA) is 483 Å². The summed E-state index contributed by atoms with van der Waals surface area (Å²) in [6.07, 6.45) is -30.0. The molecule has 3 saturated heterocycles. The molecule has 18 atom stereocenters. The third-order valence-electron chi connectivity index (χ3n) is 10.8. The van der Waals surface area contributed by atoms with Crippen LogP contribution >= 0.6 is 0 Å². The average molecular weight is 949 g/mol. The maximum Gasteiger partial charge on any atom is 0.366 e. The number of carbonyl (C=O) groups is 6. The molecule has 0 aromatic carbocycles. The minimum Gasteiger partial charge on any atom is -0.477 e. The average Bonchev–Trinajstić information content (AvgIpc) is 3.22. The molecule has 0 aromatic heterocycles. The standard InChI is InChI=1S/C36H60N4O25/c1-13(44)38-22-16(47)7-34(59,33(58)60-6-4-5-37)63-29(22)26(52)20(11-42)61-36(32(56)57)9-18(49)24(40-15(3)46)30(65-36)27(53)21(12-43)62-35(31(54)55)8-17(48)23(39-14(2)45)28(64-35)25(51)19(50)10-41/h16-30,41-43,47-53,59H,4-12,37H2,1-3H3,(H,38,44)(H,39,45)(H,40,46)(H,54,55)(H,56,57)/t16-,17-,18-,19+,20+,21+,22+,23+,24+,25+,26+,27+,28+,29+,30+,34+,35+,36+/m0/s1. The molecule has 0 unspecified atom stereocenters. The number of hydrogen-bond acceptors (Lipinski definition) is 24. The Balaban J connectivity index is 2.08. The zero-order chi connectivity index (χ0) is 49.4. The van der Waals surface area contributed by atoms with Crippen molar-refractivity contribution in [3.05, 3.63) is 0 Å². The Labute approximate surface area is 368 Å². The number of carboxylic acids is 2. The molecule has 3 rings (SSSR count). The normalized spacial score (nSPS) is 35.6. The quantitative estimate of drug-likeness (QED) is 0.0354. The Morgan fingerprint density at radius 1 is 0.631 bits per heavy atom. The van der Waals surface area contributed by atoms with Gasteiger partial charge in [-0.1, -0.05) is 0 Å². The van der Waals surface area contributed by atoms with Crippen LogP contribution in [0.5, 0.6) is 0 Å². The summed E-state index contributed by atoms with van der Waals surface area (Å²) in [6, 6.07) is -5.30. The molecule has 0 radical (unpaired) electrons. The monoisotopic (exact) mass is 948 g/mol. The Bertz CT molecular complexity index is 1660.